The maximum Gasteiger partial charge on any atom is 0.358 e. The Balaban J connectivity index is 1.99. The zero-order valence-electron chi connectivity index (χ0n) is 12.1. The van der Waals surface area contributed by atoms with Gasteiger partial charge in [0, 0.05) is 30.1 Å². The molecule has 122 valence electrons. The monoisotopic (exact) mass is 356 g/mol. The van der Waals surface area contributed by atoms with Crippen molar-refractivity contribution in [2.75, 3.05) is 6.54 Å². The van der Waals surface area contributed by atoms with Crippen LogP contribution < -0.4 is 0 Å². The van der Waals surface area contributed by atoms with E-state index < -0.39 is 16.0 Å². The predicted octanol–water partition coefficient (Wildman–Crippen LogP) is 2.08. The number of aromatic carboxylic acids is 1. The molecule has 9 heteroatoms. The standard InChI is InChI=1S/C14H13ClN2O5S/c1-8-6-9(15)2-3-12(8)23(20,21)17-5-4-11-10(7-17)13(14(18)19)16-22-11/h2-3,6H,4-5,7H2,1H3,(H,18,19). The number of rotatable bonds is 3. The first-order valence-electron chi connectivity index (χ1n) is 6.77. The summed E-state index contributed by atoms with van der Waals surface area (Å²) in [7, 11) is -3.76. The Labute approximate surface area is 137 Å². The van der Waals surface area contributed by atoms with Gasteiger partial charge in [0.25, 0.3) is 0 Å². The van der Waals surface area contributed by atoms with Crippen molar-refractivity contribution in [3.05, 3.63) is 45.8 Å². The molecule has 1 aliphatic heterocycles. The van der Waals surface area contributed by atoms with Crippen molar-refractivity contribution >= 4 is 27.6 Å². The van der Waals surface area contributed by atoms with Crippen molar-refractivity contribution in [3.63, 3.8) is 0 Å². The first-order chi connectivity index (χ1) is 10.8. The van der Waals surface area contributed by atoms with Gasteiger partial charge >= 0.3 is 5.97 Å². The Bertz CT molecular complexity index is 891. The lowest BCUT2D eigenvalue weighted by Crippen LogP contribution is -2.36. The number of hydrogen-bond donors (Lipinski definition) is 1. The number of fused-ring (bicyclic) bond motifs is 1. The van der Waals surface area contributed by atoms with E-state index in [1.54, 1.807) is 13.0 Å². The summed E-state index contributed by atoms with van der Waals surface area (Å²) in [6, 6.07) is 4.54. The normalized spacial score (nSPS) is 15.4. The van der Waals surface area contributed by atoms with Gasteiger partial charge in [0.1, 0.15) is 5.76 Å². The summed E-state index contributed by atoms with van der Waals surface area (Å²) >= 11 is 5.87. The van der Waals surface area contributed by atoms with Gasteiger partial charge in [-0.2, -0.15) is 4.31 Å². The number of halogens is 1. The molecule has 23 heavy (non-hydrogen) atoms. The molecule has 0 aliphatic carbocycles. The molecule has 1 N–H and O–H groups in total. The number of aryl methyl sites for hydroxylation is 1. The SMILES string of the molecule is Cc1cc(Cl)ccc1S(=O)(=O)N1CCc2onc(C(=O)O)c2C1. The van der Waals surface area contributed by atoms with Crippen molar-refractivity contribution in [3.8, 4) is 0 Å². The number of carboxylic acids is 1. The van der Waals surface area contributed by atoms with E-state index in [1.165, 1.54) is 16.4 Å². The first kappa shape index (κ1) is 16.0. The van der Waals surface area contributed by atoms with E-state index in [1.807, 2.05) is 0 Å². The highest BCUT2D eigenvalue weighted by Gasteiger charge is 2.34. The van der Waals surface area contributed by atoms with Gasteiger partial charge in [0.15, 0.2) is 5.69 Å². The lowest BCUT2D eigenvalue weighted by atomic mass is 10.1. The van der Waals surface area contributed by atoms with Crippen LogP contribution in [0.15, 0.2) is 27.6 Å². The Hall–Kier alpha value is -1.90. The zero-order valence-corrected chi connectivity index (χ0v) is 13.7. The fourth-order valence-corrected chi connectivity index (χ4v) is 4.44. The van der Waals surface area contributed by atoms with E-state index in [4.69, 9.17) is 21.2 Å². The average Bonchev–Trinajstić information content (AvgIpc) is 2.89. The zero-order chi connectivity index (χ0) is 16.8. The topological polar surface area (TPSA) is 101 Å². The summed E-state index contributed by atoms with van der Waals surface area (Å²) in [6.07, 6.45) is 0.279. The Kier molecular flexibility index (Phi) is 3.91. The number of hydrogen-bond acceptors (Lipinski definition) is 5. The Morgan fingerprint density at radius 2 is 2.17 bits per heavy atom. The summed E-state index contributed by atoms with van der Waals surface area (Å²) in [5, 5.41) is 13.1. The lowest BCUT2D eigenvalue weighted by molar-refractivity contribution is 0.0684. The van der Waals surface area contributed by atoms with E-state index in [2.05, 4.69) is 5.16 Å². The molecule has 0 unspecified atom stereocenters. The van der Waals surface area contributed by atoms with Gasteiger partial charge in [-0.05, 0) is 30.7 Å². The van der Waals surface area contributed by atoms with Crippen molar-refractivity contribution in [1.29, 1.82) is 0 Å². The van der Waals surface area contributed by atoms with Crippen LogP contribution in [0.5, 0.6) is 0 Å². The van der Waals surface area contributed by atoms with Crippen molar-refractivity contribution in [1.82, 2.24) is 9.46 Å². The van der Waals surface area contributed by atoms with Crippen LogP contribution in [0.4, 0.5) is 0 Å². The minimum absolute atomic E-state index is 0.0785. The molecule has 0 amide bonds. The number of sulfonamides is 1. The molecule has 0 spiro atoms. The van der Waals surface area contributed by atoms with Crippen LogP contribution in [0.3, 0.4) is 0 Å². The van der Waals surface area contributed by atoms with E-state index in [-0.39, 0.29) is 30.1 Å². The fraction of sp³-hybridized carbons (Fsp3) is 0.286. The summed E-state index contributed by atoms with van der Waals surface area (Å²) in [5.41, 5.74) is 0.596. The summed E-state index contributed by atoms with van der Waals surface area (Å²) in [5.74, 6) is -0.821. The van der Waals surface area contributed by atoms with Crippen LogP contribution >= 0.6 is 11.6 Å². The second-order valence-corrected chi connectivity index (χ2v) is 7.58. The molecule has 0 radical (unpaired) electrons. The third kappa shape index (κ3) is 2.73. The largest absolute Gasteiger partial charge is 0.476 e. The molecule has 7 nitrogen and oxygen atoms in total. The van der Waals surface area contributed by atoms with Gasteiger partial charge in [0.05, 0.1) is 4.90 Å². The molecule has 0 atom stereocenters. The van der Waals surface area contributed by atoms with Crippen molar-refractivity contribution in [2.45, 2.75) is 24.8 Å². The van der Waals surface area contributed by atoms with Gasteiger partial charge in [-0.25, -0.2) is 13.2 Å². The lowest BCUT2D eigenvalue weighted by Gasteiger charge is -2.26. The molecule has 2 heterocycles. The van der Waals surface area contributed by atoms with Crippen LogP contribution in [0.25, 0.3) is 0 Å². The maximum absolute atomic E-state index is 12.8. The van der Waals surface area contributed by atoms with Gasteiger partial charge < -0.3 is 9.63 Å². The Morgan fingerprint density at radius 3 is 2.83 bits per heavy atom. The predicted molar refractivity (Wildman–Crippen MR) is 81.0 cm³/mol. The second kappa shape index (κ2) is 5.63. The Morgan fingerprint density at radius 1 is 1.43 bits per heavy atom. The van der Waals surface area contributed by atoms with Crippen LogP contribution in [0.1, 0.15) is 27.4 Å². The van der Waals surface area contributed by atoms with E-state index in [0.717, 1.165) is 0 Å². The molecule has 1 aliphatic rings. The number of carboxylic acid groups (broad SMARTS) is 1. The minimum atomic E-state index is -3.76. The molecular weight excluding hydrogens is 344 g/mol. The highest BCUT2D eigenvalue weighted by molar-refractivity contribution is 7.89. The van der Waals surface area contributed by atoms with E-state index in [0.29, 0.717) is 21.9 Å². The fourth-order valence-electron chi connectivity index (χ4n) is 2.60. The first-order valence-corrected chi connectivity index (χ1v) is 8.59. The molecule has 0 bridgehead atoms. The smallest absolute Gasteiger partial charge is 0.358 e. The molecule has 0 saturated heterocycles. The van der Waals surface area contributed by atoms with Gasteiger partial charge in [-0.3, -0.25) is 0 Å². The highest BCUT2D eigenvalue weighted by atomic mass is 35.5. The van der Waals surface area contributed by atoms with Gasteiger partial charge in [0.2, 0.25) is 10.0 Å². The van der Waals surface area contributed by atoms with Crippen LogP contribution in [-0.4, -0.2) is 35.5 Å². The average molecular weight is 357 g/mol. The molecular formula is C14H13ClN2O5S. The second-order valence-electron chi connectivity index (χ2n) is 5.24. The summed E-state index contributed by atoms with van der Waals surface area (Å²) in [4.78, 5) is 11.3. The summed E-state index contributed by atoms with van der Waals surface area (Å²) in [6.45, 7) is 1.78. The number of aromatic nitrogens is 1. The van der Waals surface area contributed by atoms with Crippen LogP contribution in [0, 0.1) is 6.92 Å². The highest BCUT2D eigenvalue weighted by Crippen LogP contribution is 2.29. The van der Waals surface area contributed by atoms with Crippen molar-refractivity contribution < 1.29 is 22.8 Å². The molecule has 3 rings (SSSR count). The molecule has 0 saturated carbocycles. The van der Waals surface area contributed by atoms with Crippen LogP contribution in [0.2, 0.25) is 5.02 Å². The maximum atomic E-state index is 12.8. The molecule has 2 aromatic rings. The number of nitrogens with zero attached hydrogens (tertiary/aromatic N) is 2. The minimum Gasteiger partial charge on any atom is -0.476 e. The van der Waals surface area contributed by atoms with Gasteiger partial charge in [-0.1, -0.05) is 16.8 Å². The van der Waals surface area contributed by atoms with E-state index >= 15 is 0 Å². The number of benzene rings is 1. The molecule has 1 aromatic heterocycles. The molecule has 1 aromatic carbocycles. The van der Waals surface area contributed by atoms with Gasteiger partial charge in [-0.15, -0.1) is 0 Å². The number of carbonyl (C=O) groups is 1. The molecule has 0 fully saturated rings. The quantitative estimate of drug-likeness (QED) is 0.903. The van der Waals surface area contributed by atoms with Crippen molar-refractivity contribution in [2.24, 2.45) is 0 Å². The van der Waals surface area contributed by atoms with E-state index in [9.17, 15) is 13.2 Å². The van der Waals surface area contributed by atoms with Crippen LogP contribution in [-0.2, 0) is 23.0 Å². The third-order valence-corrected chi connectivity index (χ3v) is 5.99. The third-order valence-electron chi connectivity index (χ3n) is 3.75. The summed E-state index contributed by atoms with van der Waals surface area (Å²) < 4.78 is 31.8.